The minimum Gasteiger partial charge on any atom is -0.525 e. The van der Waals surface area contributed by atoms with E-state index in [4.69, 9.17) is 5.73 Å². The molecular weight excluding hydrogens is 197 g/mol. The fourth-order valence-corrected chi connectivity index (χ4v) is 1.19. The van der Waals surface area contributed by atoms with Crippen LogP contribution in [0, 0.1) is 0 Å². The second-order valence-corrected chi connectivity index (χ2v) is 3.05. The van der Waals surface area contributed by atoms with Gasteiger partial charge in [0, 0.05) is 0 Å². The van der Waals surface area contributed by atoms with Crippen LogP contribution in [-0.4, -0.2) is 18.8 Å². The minimum atomic E-state index is -0.638. The molecule has 0 aliphatic carbocycles. The van der Waals surface area contributed by atoms with E-state index in [0.29, 0.717) is 6.42 Å². The van der Waals surface area contributed by atoms with Gasteiger partial charge in [0.15, 0.2) is 0 Å². The number of thiol groups is 1. The van der Waals surface area contributed by atoms with Gasteiger partial charge in [0.05, 0.1) is 0 Å². The van der Waals surface area contributed by atoms with Gasteiger partial charge in [-0.1, -0.05) is 30.3 Å². The van der Waals surface area contributed by atoms with Gasteiger partial charge in [-0.3, -0.25) is 4.79 Å². The third-order valence-electron chi connectivity index (χ3n) is 1.77. The smallest absolute Gasteiger partial charge is 0.450 e. The summed E-state index contributed by atoms with van der Waals surface area (Å²) in [6.07, 6.45) is 0.474. The predicted molar refractivity (Wildman–Crippen MR) is 59.0 cm³/mol. The summed E-state index contributed by atoms with van der Waals surface area (Å²) in [5.41, 5.74) is 6.62. The lowest BCUT2D eigenvalue weighted by Crippen LogP contribution is -2.34. The molecule has 3 nitrogen and oxygen atoms in total. The summed E-state index contributed by atoms with van der Waals surface area (Å²) >= 11 is 3.66. The van der Waals surface area contributed by atoms with E-state index in [9.17, 15) is 4.79 Å². The standard InChI is InChI=1S/C9H11BNO2S/c11-8(9(12)13-10-14)6-7-4-2-1-3-5-7/h1-5,8,14H,6,11H2/t8-/m0/s1. The second kappa shape index (κ2) is 5.72. The highest BCUT2D eigenvalue weighted by Crippen LogP contribution is 2.02. The third kappa shape index (κ3) is 3.43. The van der Waals surface area contributed by atoms with Gasteiger partial charge in [0.1, 0.15) is 6.04 Å². The van der Waals surface area contributed by atoms with E-state index in [1.165, 1.54) is 0 Å². The first-order valence-corrected chi connectivity index (χ1v) is 4.71. The van der Waals surface area contributed by atoms with Crippen LogP contribution in [0.2, 0.25) is 0 Å². The van der Waals surface area contributed by atoms with Crippen molar-refractivity contribution in [2.75, 3.05) is 0 Å². The summed E-state index contributed by atoms with van der Waals surface area (Å²) in [6.45, 7) is 1.03. The van der Waals surface area contributed by atoms with Crippen molar-refractivity contribution in [1.29, 1.82) is 0 Å². The molecule has 0 aromatic heterocycles. The van der Waals surface area contributed by atoms with Crippen LogP contribution in [-0.2, 0) is 15.9 Å². The molecule has 0 saturated heterocycles. The van der Waals surface area contributed by atoms with Crippen molar-refractivity contribution in [2.45, 2.75) is 12.5 Å². The lowest BCUT2D eigenvalue weighted by molar-refractivity contribution is -0.135. The molecule has 0 bridgehead atoms. The van der Waals surface area contributed by atoms with Gasteiger partial charge in [-0.2, -0.15) is 12.5 Å². The van der Waals surface area contributed by atoms with E-state index in [1.54, 1.807) is 0 Å². The Morgan fingerprint density at radius 3 is 2.71 bits per heavy atom. The number of rotatable bonds is 4. The van der Waals surface area contributed by atoms with Gasteiger partial charge in [-0.25, -0.2) is 0 Å². The van der Waals surface area contributed by atoms with Gasteiger partial charge >= 0.3 is 12.7 Å². The normalized spacial score (nSPS) is 11.9. The van der Waals surface area contributed by atoms with Gasteiger partial charge < -0.3 is 10.4 Å². The summed E-state index contributed by atoms with van der Waals surface area (Å²) < 4.78 is 4.55. The molecule has 1 rings (SSSR count). The van der Waals surface area contributed by atoms with Crippen LogP contribution in [0.5, 0.6) is 0 Å². The van der Waals surface area contributed by atoms with E-state index in [2.05, 4.69) is 17.1 Å². The monoisotopic (exact) mass is 208 g/mol. The molecule has 2 N–H and O–H groups in total. The summed E-state index contributed by atoms with van der Waals surface area (Å²) in [5.74, 6) is -0.469. The molecule has 0 amide bonds. The molecule has 0 heterocycles. The van der Waals surface area contributed by atoms with E-state index >= 15 is 0 Å². The van der Waals surface area contributed by atoms with Crippen LogP contribution in [0.25, 0.3) is 0 Å². The number of carbonyl (C=O) groups is 1. The van der Waals surface area contributed by atoms with Crippen LogP contribution < -0.4 is 5.73 Å². The third-order valence-corrected chi connectivity index (χ3v) is 1.88. The van der Waals surface area contributed by atoms with Crippen LogP contribution in [0.4, 0.5) is 0 Å². The van der Waals surface area contributed by atoms with E-state index < -0.39 is 12.0 Å². The maximum Gasteiger partial charge on any atom is 0.450 e. The molecule has 1 aromatic carbocycles. The number of hydrogen-bond acceptors (Lipinski definition) is 4. The summed E-state index contributed by atoms with van der Waals surface area (Å²) in [6, 6.07) is 8.90. The number of hydrogen-bond donors (Lipinski definition) is 2. The highest BCUT2D eigenvalue weighted by Gasteiger charge is 2.14. The SMILES string of the molecule is N[C@@H](Cc1ccccc1)C(=O)O[B]S. The fourth-order valence-electron chi connectivity index (χ4n) is 1.09. The first-order valence-electron chi connectivity index (χ1n) is 4.20. The van der Waals surface area contributed by atoms with E-state index in [-0.39, 0.29) is 0 Å². The molecule has 0 fully saturated rings. The average molecular weight is 208 g/mol. The average Bonchev–Trinajstić information content (AvgIpc) is 2.19. The topological polar surface area (TPSA) is 52.3 Å². The van der Waals surface area contributed by atoms with Crippen molar-refractivity contribution in [3.63, 3.8) is 0 Å². The van der Waals surface area contributed by atoms with Crippen molar-refractivity contribution >= 4 is 25.2 Å². The minimum absolute atomic E-state index is 0.469. The Hall–Kier alpha value is -0.935. The zero-order chi connectivity index (χ0) is 10.4. The fraction of sp³-hybridized carbons (Fsp3) is 0.222. The second-order valence-electron chi connectivity index (χ2n) is 2.84. The Kier molecular flexibility index (Phi) is 4.55. The summed E-state index contributed by atoms with van der Waals surface area (Å²) in [5, 5.41) is 0. The highest BCUT2D eigenvalue weighted by molar-refractivity contribution is 8.06. The predicted octanol–water partition coefficient (Wildman–Crippen LogP) is 0.564. The van der Waals surface area contributed by atoms with Crippen LogP contribution in [0.15, 0.2) is 30.3 Å². The largest absolute Gasteiger partial charge is 0.525 e. The molecule has 0 saturated carbocycles. The van der Waals surface area contributed by atoms with Crippen LogP contribution in [0.1, 0.15) is 5.56 Å². The van der Waals surface area contributed by atoms with Gasteiger partial charge in [-0.15, -0.1) is 0 Å². The molecule has 0 aliphatic rings. The molecule has 0 spiro atoms. The first kappa shape index (κ1) is 11.1. The molecule has 0 aliphatic heterocycles. The maximum atomic E-state index is 11.1. The van der Waals surface area contributed by atoms with E-state index in [0.717, 1.165) is 12.3 Å². The van der Waals surface area contributed by atoms with E-state index in [1.807, 2.05) is 30.3 Å². The van der Waals surface area contributed by atoms with Crippen molar-refractivity contribution in [3.8, 4) is 0 Å². The van der Waals surface area contributed by atoms with Gasteiger partial charge in [-0.05, 0) is 12.0 Å². The summed E-state index contributed by atoms with van der Waals surface area (Å²) in [4.78, 5) is 11.1. The quantitative estimate of drug-likeness (QED) is 0.561. The van der Waals surface area contributed by atoms with Gasteiger partial charge in [0.25, 0.3) is 0 Å². The van der Waals surface area contributed by atoms with Crippen molar-refractivity contribution in [3.05, 3.63) is 35.9 Å². The number of benzene rings is 1. The Bertz CT molecular complexity index is 294. The zero-order valence-electron chi connectivity index (χ0n) is 7.59. The Balaban J connectivity index is 2.49. The molecular formula is C9H11BNO2S. The molecule has 73 valence electrons. The Morgan fingerprint density at radius 2 is 2.14 bits per heavy atom. The van der Waals surface area contributed by atoms with Crippen LogP contribution >= 0.6 is 12.5 Å². The lowest BCUT2D eigenvalue weighted by atomic mass is 10.1. The summed E-state index contributed by atoms with van der Waals surface area (Å²) in [7, 11) is 0. The molecule has 14 heavy (non-hydrogen) atoms. The molecule has 0 unspecified atom stereocenters. The maximum absolute atomic E-state index is 11.1. The lowest BCUT2D eigenvalue weighted by Gasteiger charge is -2.09. The van der Waals surface area contributed by atoms with Crippen molar-refractivity contribution in [2.24, 2.45) is 5.73 Å². The van der Waals surface area contributed by atoms with Crippen LogP contribution in [0.3, 0.4) is 0 Å². The van der Waals surface area contributed by atoms with Crippen molar-refractivity contribution < 1.29 is 9.45 Å². The molecule has 1 atom stereocenters. The molecule has 5 heteroatoms. The molecule has 1 radical (unpaired) electrons. The first-order chi connectivity index (χ1) is 6.74. The van der Waals surface area contributed by atoms with Gasteiger partial charge in [0.2, 0.25) is 0 Å². The highest BCUT2D eigenvalue weighted by atomic mass is 32.1. The number of carbonyl (C=O) groups excluding carboxylic acids is 1. The number of nitrogens with two attached hydrogens (primary N) is 1. The Labute approximate surface area is 89.2 Å². The molecule has 1 aromatic rings. The zero-order valence-corrected chi connectivity index (χ0v) is 8.48. The van der Waals surface area contributed by atoms with Crippen molar-refractivity contribution in [1.82, 2.24) is 0 Å². The Morgan fingerprint density at radius 1 is 1.50 bits per heavy atom.